The van der Waals surface area contributed by atoms with E-state index in [9.17, 15) is 4.79 Å². The van der Waals surface area contributed by atoms with Gasteiger partial charge in [-0.15, -0.1) is 0 Å². The molecular formula is C26H23NO. The molecule has 1 aliphatic carbocycles. The van der Waals surface area contributed by atoms with Crippen molar-refractivity contribution < 1.29 is 4.79 Å². The van der Waals surface area contributed by atoms with E-state index in [4.69, 9.17) is 0 Å². The molecule has 138 valence electrons. The van der Waals surface area contributed by atoms with E-state index in [1.165, 1.54) is 16.7 Å². The minimum atomic E-state index is 0.118. The number of hydrogen-bond donors (Lipinski definition) is 0. The van der Waals surface area contributed by atoms with Gasteiger partial charge in [-0.05, 0) is 22.3 Å². The van der Waals surface area contributed by atoms with E-state index in [0.29, 0.717) is 11.7 Å². The molecule has 5 rings (SSSR count). The smallest absolute Gasteiger partial charge is 0.168 e. The van der Waals surface area contributed by atoms with E-state index in [1.807, 2.05) is 12.1 Å². The highest BCUT2D eigenvalue weighted by Crippen LogP contribution is 2.39. The molecular weight excluding hydrogens is 342 g/mol. The Kier molecular flexibility index (Phi) is 4.42. The predicted molar refractivity (Wildman–Crippen MR) is 114 cm³/mol. The summed E-state index contributed by atoms with van der Waals surface area (Å²) >= 11 is 0. The van der Waals surface area contributed by atoms with Crippen LogP contribution in [0.5, 0.6) is 0 Å². The topological polar surface area (TPSA) is 20.3 Å². The van der Waals surface area contributed by atoms with Crippen molar-refractivity contribution in [1.29, 1.82) is 0 Å². The maximum atomic E-state index is 13.0. The molecule has 2 aliphatic rings. The van der Waals surface area contributed by atoms with Crippen LogP contribution in [0.4, 0.5) is 0 Å². The third kappa shape index (κ3) is 3.21. The van der Waals surface area contributed by atoms with E-state index >= 15 is 0 Å². The molecule has 1 saturated heterocycles. The maximum Gasteiger partial charge on any atom is 0.168 e. The zero-order valence-corrected chi connectivity index (χ0v) is 15.8. The van der Waals surface area contributed by atoms with E-state index < -0.39 is 0 Å². The Hall–Kier alpha value is -2.97. The van der Waals surface area contributed by atoms with Gasteiger partial charge in [-0.1, -0.05) is 91.0 Å². The van der Waals surface area contributed by atoms with Crippen molar-refractivity contribution in [2.75, 3.05) is 13.1 Å². The van der Waals surface area contributed by atoms with E-state index in [-0.39, 0.29) is 5.92 Å². The number of nitrogens with zero attached hydrogens (tertiary/aromatic N) is 1. The highest BCUT2D eigenvalue weighted by Gasteiger charge is 2.42. The Morgan fingerprint density at radius 1 is 0.714 bits per heavy atom. The third-order valence-corrected chi connectivity index (χ3v) is 5.98. The quantitative estimate of drug-likeness (QED) is 0.643. The van der Waals surface area contributed by atoms with E-state index in [0.717, 1.165) is 30.8 Å². The lowest BCUT2D eigenvalue weighted by Crippen LogP contribution is -2.23. The normalized spacial score (nSPS) is 21.6. The van der Waals surface area contributed by atoms with Crippen molar-refractivity contribution in [3.63, 3.8) is 0 Å². The number of carbonyl (C=O) groups is 1. The summed E-state index contributed by atoms with van der Waals surface area (Å²) in [6.45, 7) is 2.76. The van der Waals surface area contributed by atoms with Crippen molar-refractivity contribution in [2.45, 2.75) is 6.54 Å². The second-order valence-electron chi connectivity index (χ2n) is 7.84. The Morgan fingerprint density at radius 2 is 1.32 bits per heavy atom. The van der Waals surface area contributed by atoms with Crippen LogP contribution in [-0.4, -0.2) is 23.8 Å². The fourth-order valence-corrected chi connectivity index (χ4v) is 4.54. The molecule has 2 nitrogen and oxygen atoms in total. The highest BCUT2D eigenvalue weighted by molar-refractivity contribution is 6.24. The summed E-state index contributed by atoms with van der Waals surface area (Å²) in [5, 5.41) is 0. The number of benzene rings is 3. The molecule has 1 aliphatic heterocycles. The van der Waals surface area contributed by atoms with Crippen molar-refractivity contribution in [2.24, 2.45) is 11.8 Å². The summed E-state index contributed by atoms with van der Waals surface area (Å²) in [6.07, 6.45) is 2.22. The number of fused-ring (bicyclic) bond motifs is 1. The number of ketones is 1. The monoisotopic (exact) mass is 365 g/mol. The molecule has 1 heterocycles. The summed E-state index contributed by atoms with van der Waals surface area (Å²) in [6, 6.07) is 29.3. The molecule has 28 heavy (non-hydrogen) atoms. The summed E-state index contributed by atoms with van der Waals surface area (Å²) in [5.74, 6) is 0.778. The summed E-state index contributed by atoms with van der Waals surface area (Å²) < 4.78 is 0. The fraction of sp³-hybridized carbons (Fsp3) is 0.192. The van der Waals surface area contributed by atoms with Gasteiger partial charge in [-0.25, -0.2) is 0 Å². The van der Waals surface area contributed by atoms with Crippen LogP contribution in [0.3, 0.4) is 0 Å². The number of carbonyl (C=O) groups excluding carboxylic acids is 1. The Morgan fingerprint density at radius 3 is 2.00 bits per heavy atom. The van der Waals surface area contributed by atoms with Crippen LogP contribution in [0.1, 0.15) is 11.1 Å². The number of hydrogen-bond acceptors (Lipinski definition) is 2. The van der Waals surface area contributed by atoms with Crippen LogP contribution in [-0.2, 0) is 11.3 Å². The lowest BCUT2D eigenvalue weighted by atomic mass is 9.96. The maximum absolute atomic E-state index is 13.0. The van der Waals surface area contributed by atoms with Crippen LogP contribution in [0.2, 0.25) is 0 Å². The zero-order chi connectivity index (χ0) is 18.9. The van der Waals surface area contributed by atoms with Crippen LogP contribution in [0.25, 0.3) is 16.7 Å². The molecule has 0 bridgehead atoms. The highest BCUT2D eigenvalue weighted by atomic mass is 16.1. The van der Waals surface area contributed by atoms with Gasteiger partial charge in [0.1, 0.15) is 0 Å². The van der Waals surface area contributed by atoms with Gasteiger partial charge in [0.05, 0.1) is 0 Å². The van der Waals surface area contributed by atoms with Gasteiger partial charge in [0, 0.05) is 37.0 Å². The Bertz CT molecular complexity index is 1010. The molecule has 0 unspecified atom stereocenters. The third-order valence-electron chi connectivity index (χ3n) is 5.98. The van der Waals surface area contributed by atoms with Gasteiger partial charge in [-0.2, -0.15) is 0 Å². The summed E-state index contributed by atoms with van der Waals surface area (Å²) in [4.78, 5) is 15.5. The van der Waals surface area contributed by atoms with Gasteiger partial charge in [-0.3, -0.25) is 9.69 Å². The second kappa shape index (κ2) is 7.21. The van der Waals surface area contributed by atoms with Gasteiger partial charge >= 0.3 is 0 Å². The Labute approximate surface area is 166 Å². The molecule has 0 amide bonds. The molecule has 0 spiro atoms. The van der Waals surface area contributed by atoms with E-state index in [1.54, 1.807) is 0 Å². The molecule has 0 N–H and O–H groups in total. The average Bonchev–Trinajstić information content (AvgIpc) is 3.28. The number of likely N-dealkylation sites (tertiary alicyclic amines) is 1. The van der Waals surface area contributed by atoms with Crippen molar-refractivity contribution in [1.82, 2.24) is 4.90 Å². The molecule has 1 fully saturated rings. The first kappa shape index (κ1) is 17.2. The van der Waals surface area contributed by atoms with Gasteiger partial charge < -0.3 is 0 Å². The largest absolute Gasteiger partial charge is 0.298 e. The number of Topliss-reactive ketones (excluding diaryl/α,β-unsaturated/α-hetero) is 1. The summed E-state index contributed by atoms with van der Waals surface area (Å²) in [7, 11) is 0. The van der Waals surface area contributed by atoms with Crippen LogP contribution < -0.4 is 0 Å². The predicted octanol–water partition coefficient (Wildman–Crippen LogP) is 5.07. The van der Waals surface area contributed by atoms with Gasteiger partial charge in [0.25, 0.3) is 0 Å². The number of allylic oxidation sites excluding steroid dienone is 1. The average molecular weight is 365 g/mol. The van der Waals surface area contributed by atoms with Crippen molar-refractivity contribution in [3.8, 4) is 11.1 Å². The second-order valence-corrected chi connectivity index (χ2v) is 7.84. The first-order valence-electron chi connectivity index (χ1n) is 9.96. The molecule has 3 aromatic rings. The molecule has 0 aromatic heterocycles. The van der Waals surface area contributed by atoms with Crippen LogP contribution in [0, 0.1) is 11.8 Å². The molecule has 0 radical (unpaired) electrons. The SMILES string of the molecule is O=C1C(c2ccc(-c3ccccc3)cc2)=C[C@H]2CN(Cc3ccccc3)C[C@@H]12. The van der Waals surface area contributed by atoms with Crippen LogP contribution in [0.15, 0.2) is 91.0 Å². The number of rotatable bonds is 4. The first-order chi connectivity index (χ1) is 13.8. The fourth-order valence-electron chi connectivity index (χ4n) is 4.54. The summed E-state index contributed by atoms with van der Waals surface area (Å²) in [5.41, 5.74) is 5.66. The lowest BCUT2D eigenvalue weighted by molar-refractivity contribution is -0.116. The molecule has 2 heteroatoms. The standard InChI is InChI=1S/C26H23NO/c28-26-24(22-13-11-21(12-14-22)20-9-5-2-6-10-20)15-23-17-27(18-25(23)26)16-19-7-3-1-4-8-19/h1-15,23,25H,16-18H2/t23-,25+/m0/s1. The molecule has 3 aromatic carbocycles. The van der Waals surface area contributed by atoms with E-state index in [2.05, 4.69) is 83.8 Å². The van der Waals surface area contributed by atoms with Gasteiger partial charge in [0.2, 0.25) is 0 Å². The minimum Gasteiger partial charge on any atom is -0.298 e. The minimum absolute atomic E-state index is 0.118. The Balaban J connectivity index is 1.31. The van der Waals surface area contributed by atoms with Crippen molar-refractivity contribution >= 4 is 11.4 Å². The lowest BCUT2D eigenvalue weighted by Gasteiger charge is -2.16. The van der Waals surface area contributed by atoms with Crippen LogP contribution >= 0.6 is 0 Å². The zero-order valence-electron chi connectivity index (χ0n) is 15.8. The first-order valence-corrected chi connectivity index (χ1v) is 9.96. The van der Waals surface area contributed by atoms with Crippen molar-refractivity contribution in [3.05, 3.63) is 102 Å². The van der Waals surface area contributed by atoms with Gasteiger partial charge in [0.15, 0.2) is 5.78 Å². The molecule has 0 saturated carbocycles. The molecule has 2 atom stereocenters.